The van der Waals surface area contributed by atoms with Crippen molar-refractivity contribution >= 4 is 26.8 Å². The molecule has 2 fully saturated rings. The maximum Gasteiger partial charge on any atom is 0.242 e. The topological polar surface area (TPSA) is 72.3 Å². The van der Waals surface area contributed by atoms with Crippen LogP contribution in [-0.4, -0.2) is 48.1 Å². The van der Waals surface area contributed by atoms with Crippen molar-refractivity contribution in [1.82, 2.24) is 14.5 Å². The van der Waals surface area contributed by atoms with Gasteiger partial charge in [0.2, 0.25) is 5.91 Å². The number of fused-ring (bicyclic) bond motifs is 1. The van der Waals surface area contributed by atoms with Gasteiger partial charge in [0.15, 0.2) is 9.84 Å². The van der Waals surface area contributed by atoms with E-state index in [9.17, 15) is 13.2 Å². The van der Waals surface area contributed by atoms with Crippen molar-refractivity contribution in [2.75, 3.05) is 19.3 Å². The van der Waals surface area contributed by atoms with Crippen LogP contribution in [0.4, 0.5) is 0 Å². The average molecular weight is 361 g/mol. The number of amides is 1. The van der Waals surface area contributed by atoms with Crippen molar-refractivity contribution in [2.45, 2.75) is 38.0 Å². The largest absolute Gasteiger partial charge is 0.341 e. The van der Waals surface area contributed by atoms with Crippen LogP contribution in [0, 0.1) is 5.41 Å². The predicted molar refractivity (Wildman–Crippen MR) is 95.8 cm³/mol. The standard InChI is InChI=1S/C18H23N3O3S/c1-25(23,24)12-16-19-14-5-2-3-6-15(14)21(16)11-17(22)20-10-9-18(13-20)7-4-8-18/h2-3,5-6H,4,7-13H2,1H3. The molecule has 0 N–H and O–H groups in total. The van der Waals surface area contributed by atoms with Gasteiger partial charge in [0.1, 0.15) is 18.1 Å². The monoisotopic (exact) mass is 361 g/mol. The summed E-state index contributed by atoms with van der Waals surface area (Å²) in [5.41, 5.74) is 1.90. The molecular formula is C18H23N3O3S. The number of nitrogens with zero attached hydrogens (tertiary/aromatic N) is 3. The number of carbonyl (C=O) groups excluding carboxylic acids is 1. The van der Waals surface area contributed by atoms with Gasteiger partial charge in [-0.15, -0.1) is 0 Å². The summed E-state index contributed by atoms with van der Waals surface area (Å²) in [4.78, 5) is 19.2. The molecule has 1 amide bonds. The van der Waals surface area contributed by atoms with E-state index in [1.165, 1.54) is 25.5 Å². The predicted octanol–water partition coefficient (Wildman–Crippen LogP) is 1.98. The molecule has 1 spiro atoms. The molecule has 0 atom stereocenters. The number of likely N-dealkylation sites (tertiary alicyclic amines) is 1. The molecule has 1 aliphatic carbocycles. The summed E-state index contributed by atoms with van der Waals surface area (Å²) in [6.07, 6.45) is 6.01. The zero-order chi connectivity index (χ0) is 17.7. The molecule has 0 radical (unpaired) electrons. The highest BCUT2D eigenvalue weighted by Gasteiger charge is 2.44. The Hall–Kier alpha value is -1.89. The van der Waals surface area contributed by atoms with E-state index in [0.29, 0.717) is 11.2 Å². The molecule has 2 aromatic rings. The summed E-state index contributed by atoms with van der Waals surface area (Å²) in [6, 6.07) is 7.49. The van der Waals surface area contributed by atoms with Crippen molar-refractivity contribution in [2.24, 2.45) is 5.41 Å². The van der Waals surface area contributed by atoms with E-state index >= 15 is 0 Å². The molecule has 1 saturated heterocycles. The van der Waals surface area contributed by atoms with Gasteiger partial charge in [-0.25, -0.2) is 13.4 Å². The van der Waals surface area contributed by atoms with Gasteiger partial charge >= 0.3 is 0 Å². The van der Waals surface area contributed by atoms with Crippen LogP contribution in [0.2, 0.25) is 0 Å². The van der Waals surface area contributed by atoms with Crippen LogP contribution in [-0.2, 0) is 26.9 Å². The summed E-state index contributed by atoms with van der Waals surface area (Å²) in [6.45, 7) is 1.81. The lowest BCUT2D eigenvalue weighted by Crippen LogP contribution is -2.37. The Morgan fingerprint density at radius 3 is 2.64 bits per heavy atom. The molecule has 0 unspecified atom stereocenters. The number of hydrogen-bond donors (Lipinski definition) is 0. The van der Waals surface area contributed by atoms with Gasteiger partial charge in [-0.1, -0.05) is 18.6 Å². The molecule has 25 heavy (non-hydrogen) atoms. The van der Waals surface area contributed by atoms with Gasteiger partial charge in [0, 0.05) is 19.3 Å². The first-order valence-corrected chi connectivity index (χ1v) is 10.8. The summed E-state index contributed by atoms with van der Waals surface area (Å²) in [5, 5.41) is 0. The first kappa shape index (κ1) is 16.6. The number of rotatable bonds is 4. The fourth-order valence-corrected chi connectivity index (χ4v) is 4.80. The molecule has 2 heterocycles. The van der Waals surface area contributed by atoms with Crippen molar-refractivity contribution in [1.29, 1.82) is 0 Å². The van der Waals surface area contributed by atoms with Crippen LogP contribution in [0.25, 0.3) is 11.0 Å². The van der Waals surface area contributed by atoms with Gasteiger partial charge in [-0.2, -0.15) is 0 Å². The number of imidazole rings is 1. The van der Waals surface area contributed by atoms with Crippen LogP contribution in [0.3, 0.4) is 0 Å². The normalized spacial score (nSPS) is 19.5. The fraction of sp³-hybridized carbons (Fsp3) is 0.556. The number of sulfone groups is 1. The number of para-hydroxylation sites is 2. The van der Waals surface area contributed by atoms with Gasteiger partial charge in [0.25, 0.3) is 0 Å². The van der Waals surface area contributed by atoms with Gasteiger partial charge in [0.05, 0.1) is 11.0 Å². The minimum Gasteiger partial charge on any atom is -0.341 e. The third-order valence-corrected chi connectivity index (χ3v) is 6.41. The van der Waals surface area contributed by atoms with Crippen molar-refractivity contribution < 1.29 is 13.2 Å². The number of aromatic nitrogens is 2. The highest BCUT2D eigenvalue weighted by Crippen LogP contribution is 2.47. The Balaban J connectivity index is 1.61. The molecule has 1 aliphatic heterocycles. The van der Waals surface area contributed by atoms with Crippen LogP contribution < -0.4 is 0 Å². The van der Waals surface area contributed by atoms with Crippen LogP contribution in [0.1, 0.15) is 31.5 Å². The van der Waals surface area contributed by atoms with Crippen molar-refractivity contribution in [3.05, 3.63) is 30.1 Å². The van der Waals surface area contributed by atoms with Gasteiger partial charge in [-0.05, 0) is 36.8 Å². The lowest BCUT2D eigenvalue weighted by Gasteiger charge is -2.38. The smallest absolute Gasteiger partial charge is 0.242 e. The SMILES string of the molecule is CS(=O)(=O)Cc1nc2ccccc2n1CC(=O)N1CCC2(CCC2)C1. The first-order chi connectivity index (χ1) is 11.9. The Morgan fingerprint density at radius 2 is 2.00 bits per heavy atom. The van der Waals surface area contributed by atoms with Crippen molar-refractivity contribution in [3.63, 3.8) is 0 Å². The molecule has 0 bridgehead atoms. The zero-order valence-corrected chi connectivity index (χ0v) is 15.3. The third-order valence-electron chi connectivity index (χ3n) is 5.62. The highest BCUT2D eigenvalue weighted by molar-refractivity contribution is 7.89. The van der Waals surface area contributed by atoms with E-state index in [2.05, 4.69) is 4.98 Å². The second kappa shape index (κ2) is 5.83. The average Bonchev–Trinajstić information content (AvgIpc) is 3.09. The quantitative estimate of drug-likeness (QED) is 0.835. The molecule has 7 heteroatoms. The maximum absolute atomic E-state index is 12.8. The Kier molecular flexibility index (Phi) is 3.86. The van der Waals surface area contributed by atoms with Crippen LogP contribution in [0.15, 0.2) is 24.3 Å². The Labute approximate surface area is 147 Å². The lowest BCUT2D eigenvalue weighted by molar-refractivity contribution is -0.131. The molecular weight excluding hydrogens is 338 g/mol. The second-order valence-corrected chi connectivity index (χ2v) is 9.73. The molecule has 4 rings (SSSR count). The summed E-state index contributed by atoms with van der Waals surface area (Å²) in [7, 11) is -3.22. The van der Waals surface area contributed by atoms with Crippen molar-refractivity contribution in [3.8, 4) is 0 Å². The number of hydrogen-bond acceptors (Lipinski definition) is 4. The zero-order valence-electron chi connectivity index (χ0n) is 14.4. The number of carbonyl (C=O) groups is 1. The van der Waals surface area contributed by atoms with Gasteiger partial charge in [-0.3, -0.25) is 4.79 Å². The number of benzene rings is 1. The molecule has 1 saturated carbocycles. The van der Waals surface area contributed by atoms with Crippen LogP contribution in [0.5, 0.6) is 0 Å². The minimum atomic E-state index is -3.22. The minimum absolute atomic E-state index is 0.0571. The van der Waals surface area contributed by atoms with E-state index in [4.69, 9.17) is 0 Å². The third kappa shape index (κ3) is 3.17. The molecule has 2 aliphatic rings. The van der Waals surface area contributed by atoms with Crippen LogP contribution >= 0.6 is 0 Å². The van der Waals surface area contributed by atoms with E-state index in [0.717, 1.165) is 30.5 Å². The first-order valence-electron chi connectivity index (χ1n) is 8.75. The molecule has 1 aromatic carbocycles. The van der Waals surface area contributed by atoms with E-state index in [1.54, 1.807) is 4.57 Å². The maximum atomic E-state index is 12.8. The molecule has 1 aromatic heterocycles. The highest BCUT2D eigenvalue weighted by atomic mass is 32.2. The Bertz CT molecular complexity index is 928. The molecule has 134 valence electrons. The lowest BCUT2D eigenvalue weighted by atomic mass is 9.68. The van der Waals surface area contributed by atoms with E-state index in [-0.39, 0.29) is 18.2 Å². The second-order valence-electron chi connectivity index (χ2n) is 7.59. The fourth-order valence-electron chi connectivity index (χ4n) is 4.11. The molecule has 6 nitrogen and oxygen atoms in total. The van der Waals surface area contributed by atoms with E-state index < -0.39 is 9.84 Å². The summed E-state index contributed by atoms with van der Waals surface area (Å²) >= 11 is 0. The summed E-state index contributed by atoms with van der Waals surface area (Å²) < 4.78 is 25.3. The van der Waals surface area contributed by atoms with Gasteiger partial charge < -0.3 is 9.47 Å². The summed E-state index contributed by atoms with van der Waals surface area (Å²) in [5.74, 6) is 0.343. The Morgan fingerprint density at radius 1 is 1.24 bits per heavy atom. The van der Waals surface area contributed by atoms with E-state index in [1.807, 2.05) is 29.2 Å².